The zero-order valence-electron chi connectivity index (χ0n) is 10.6. The van der Waals surface area contributed by atoms with Gasteiger partial charge >= 0.3 is 0 Å². The smallest absolute Gasteiger partial charge is 0.230 e. The van der Waals surface area contributed by atoms with Crippen LogP contribution in [0.25, 0.3) is 0 Å². The fourth-order valence-electron chi connectivity index (χ4n) is 1.23. The van der Waals surface area contributed by atoms with E-state index in [0.29, 0.717) is 18.8 Å². The number of amides is 1. The van der Waals surface area contributed by atoms with E-state index in [1.165, 1.54) is 11.8 Å². The molecule has 0 aromatic carbocycles. The number of nitrogens with one attached hydrogen (secondary N) is 1. The van der Waals surface area contributed by atoms with Gasteiger partial charge in [-0.1, -0.05) is 6.07 Å². The molecule has 18 heavy (non-hydrogen) atoms. The molecular weight excluding hydrogens is 270 g/mol. The largest absolute Gasteiger partial charge is 0.388 e. The second kappa shape index (κ2) is 7.78. The molecule has 0 fully saturated rings. The van der Waals surface area contributed by atoms with E-state index in [4.69, 9.17) is 4.74 Å². The Morgan fingerprint density at radius 3 is 3.06 bits per heavy atom. The zero-order chi connectivity index (χ0) is 13.4. The lowest BCUT2D eigenvalue weighted by molar-refractivity contribution is -0.119. The lowest BCUT2D eigenvalue weighted by atomic mass is 10.0. The number of hydrogen-bond donors (Lipinski definition) is 2. The highest BCUT2D eigenvalue weighted by atomic mass is 32.2. The monoisotopic (exact) mass is 289 g/mol. The van der Waals surface area contributed by atoms with Gasteiger partial charge in [0.2, 0.25) is 5.91 Å². The van der Waals surface area contributed by atoms with E-state index < -0.39 is 5.60 Å². The second-order valence-electron chi connectivity index (χ2n) is 4.24. The zero-order valence-corrected chi connectivity index (χ0v) is 12.3. The predicted molar refractivity (Wildman–Crippen MR) is 75.2 cm³/mol. The fraction of sp³-hybridized carbons (Fsp3) is 0.583. The van der Waals surface area contributed by atoms with Crippen molar-refractivity contribution >= 4 is 29.0 Å². The van der Waals surface area contributed by atoms with Gasteiger partial charge in [-0.05, 0) is 18.4 Å². The molecule has 102 valence electrons. The van der Waals surface area contributed by atoms with E-state index in [2.05, 4.69) is 5.32 Å². The molecule has 1 unspecified atom stereocenters. The first-order valence-corrected chi connectivity index (χ1v) is 7.54. The van der Waals surface area contributed by atoms with E-state index in [1.54, 1.807) is 25.4 Å². The molecule has 0 saturated carbocycles. The Labute approximate surface area is 116 Å². The number of aliphatic hydroxyl groups is 1. The summed E-state index contributed by atoms with van der Waals surface area (Å²) in [7, 11) is 1.59. The molecule has 0 radical (unpaired) electrons. The number of carbonyl (C=O) groups is 1. The van der Waals surface area contributed by atoms with Crippen LogP contribution in [0, 0.1) is 0 Å². The molecule has 6 heteroatoms. The number of hydrogen-bond acceptors (Lipinski definition) is 5. The summed E-state index contributed by atoms with van der Waals surface area (Å²) in [6, 6.07) is 3.94. The van der Waals surface area contributed by atoms with Crippen LogP contribution in [0.4, 0.5) is 0 Å². The SMILES string of the molecule is COCCC(C)(O)CNC(=O)CSc1cccs1. The Morgan fingerprint density at radius 1 is 1.67 bits per heavy atom. The topological polar surface area (TPSA) is 58.6 Å². The van der Waals surface area contributed by atoms with Crippen molar-refractivity contribution in [2.75, 3.05) is 26.0 Å². The Kier molecular flexibility index (Phi) is 6.70. The third-order valence-corrected chi connectivity index (χ3v) is 4.48. The molecule has 1 aromatic heterocycles. The van der Waals surface area contributed by atoms with Gasteiger partial charge in [-0.2, -0.15) is 0 Å². The highest BCUT2D eigenvalue weighted by molar-refractivity contribution is 8.01. The highest BCUT2D eigenvalue weighted by Gasteiger charge is 2.20. The molecule has 0 aliphatic heterocycles. The highest BCUT2D eigenvalue weighted by Crippen LogP contribution is 2.22. The van der Waals surface area contributed by atoms with Gasteiger partial charge in [0.05, 0.1) is 15.6 Å². The Hall–Kier alpha value is -0.560. The average Bonchev–Trinajstić information content (AvgIpc) is 2.84. The minimum atomic E-state index is -0.917. The molecule has 0 bridgehead atoms. The summed E-state index contributed by atoms with van der Waals surface area (Å²) < 4.78 is 6.03. The van der Waals surface area contributed by atoms with Crippen molar-refractivity contribution in [1.82, 2.24) is 5.32 Å². The standard InChI is InChI=1S/C12H19NO3S2/c1-12(15,5-6-16-2)9-13-10(14)8-18-11-4-3-7-17-11/h3-4,7,15H,5-6,8-9H2,1-2H3,(H,13,14). The molecule has 0 saturated heterocycles. The summed E-state index contributed by atoms with van der Waals surface area (Å²) >= 11 is 3.12. The van der Waals surface area contributed by atoms with Crippen LogP contribution in [0.3, 0.4) is 0 Å². The van der Waals surface area contributed by atoms with Crippen LogP contribution in [0.1, 0.15) is 13.3 Å². The van der Waals surface area contributed by atoms with Gasteiger partial charge in [-0.25, -0.2) is 0 Å². The molecule has 0 aliphatic rings. The normalized spacial score (nSPS) is 14.2. The lowest BCUT2D eigenvalue weighted by Gasteiger charge is -2.23. The number of thioether (sulfide) groups is 1. The minimum absolute atomic E-state index is 0.0638. The van der Waals surface area contributed by atoms with E-state index in [1.807, 2.05) is 17.5 Å². The molecule has 1 heterocycles. The van der Waals surface area contributed by atoms with Crippen LogP contribution in [0.5, 0.6) is 0 Å². The second-order valence-corrected chi connectivity index (χ2v) is 6.46. The Morgan fingerprint density at radius 2 is 2.44 bits per heavy atom. The molecule has 0 spiro atoms. The van der Waals surface area contributed by atoms with Gasteiger partial charge in [0.1, 0.15) is 0 Å². The summed E-state index contributed by atoms with van der Waals surface area (Å²) in [5.74, 6) is 0.312. The van der Waals surface area contributed by atoms with Crippen LogP contribution in [0.15, 0.2) is 21.7 Å². The van der Waals surface area contributed by atoms with Crippen molar-refractivity contribution in [3.8, 4) is 0 Å². The van der Waals surface area contributed by atoms with Crippen molar-refractivity contribution in [1.29, 1.82) is 0 Å². The fourth-order valence-corrected chi connectivity index (χ4v) is 2.85. The number of thiophene rings is 1. The van der Waals surface area contributed by atoms with Crippen molar-refractivity contribution in [3.63, 3.8) is 0 Å². The lowest BCUT2D eigenvalue weighted by Crippen LogP contribution is -2.41. The van der Waals surface area contributed by atoms with Crippen LogP contribution in [0.2, 0.25) is 0 Å². The first kappa shape index (κ1) is 15.5. The summed E-state index contributed by atoms with van der Waals surface area (Å²) in [6.45, 7) is 2.42. The van der Waals surface area contributed by atoms with Gasteiger partial charge < -0.3 is 15.2 Å². The van der Waals surface area contributed by atoms with Crippen molar-refractivity contribution < 1.29 is 14.6 Å². The van der Waals surface area contributed by atoms with Crippen molar-refractivity contribution in [3.05, 3.63) is 17.5 Å². The van der Waals surface area contributed by atoms with Crippen LogP contribution in [-0.4, -0.2) is 42.6 Å². The van der Waals surface area contributed by atoms with E-state index in [9.17, 15) is 9.90 Å². The van der Waals surface area contributed by atoms with Gasteiger partial charge in [0.15, 0.2) is 0 Å². The third-order valence-electron chi connectivity index (χ3n) is 2.35. The maximum absolute atomic E-state index is 11.6. The molecule has 1 atom stereocenters. The average molecular weight is 289 g/mol. The van der Waals surface area contributed by atoms with E-state index in [0.717, 1.165) is 4.21 Å². The van der Waals surface area contributed by atoms with Crippen LogP contribution >= 0.6 is 23.1 Å². The number of carbonyl (C=O) groups excluding carboxylic acids is 1. The molecule has 0 aliphatic carbocycles. The molecule has 4 nitrogen and oxygen atoms in total. The summed E-state index contributed by atoms with van der Waals surface area (Å²) in [6.07, 6.45) is 0.502. The molecule has 1 aromatic rings. The van der Waals surface area contributed by atoms with Gasteiger partial charge in [-0.15, -0.1) is 23.1 Å². The van der Waals surface area contributed by atoms with Gasteiger partial charge in [0.25, 0.3) is 0 Å². The maximum Gasteiger partial charge on any atom is 0.230 e. The number of methoxy groups -OCH3 is 1. The predicted octanol–water partition coefficient (Wildman–Crippen LogP) is 1.74. The first-order chi connectivity index (χ1) is 8.53. The van der Waals surface area contributed by atoms with Gasteiger partial charge in [0, 0.05) is 26.7 Å². The number of rotatable bonds is 8. The summed E-state index contributed by atoms with van der Waals surface area (Å²) in [5, 5.41) is 14.7. The van der Waals surface area contributed by atoms with E-state index >= 15 is 0 Å². The maximum atomic E-state index is 11.6. The van der Waals surface area contributed by atoms with Gasteiger partial charge in [-0.3, -0.25) is 4.79 Å². The number of ether oxygens (including phenoxy) is 1. The van der Waals surface area contributed by atoms with Crippen LogP contribution in [-0.2, 0) is 9.53 Å². The first-order valence-electron chi connectivity index (χ1n) is 5.68. The minimum Gasteiger partial charge on any atom is -0.388 e. The molecule has 1 rings (SSSR count). The van der Waals surface area contributed by atoms with Crippen LogP contribution < -0.4 is 5.32 Å². The summed E-state index contributed by atoms with van der Waals surface area (Å²) in [5.41, 5.74) is -0.917. The third kappa shape index (κ3) is 6.39. The molecule has 1 amide bonds. The Balaban J connectivity index is 2.20. The molecule has 2 N–H and O–H groups in total. The van der Waals surface area contributed by atoms with Crippen molar-refractivity contribution in [2.24, 2.45) is 0 Å². The van der Waals surface area contributed by atoms with E-state index in [-0.39, 0.29) is 12.5 Å². The molecular formula is C12H19NO3S2. The quantitative estimate of drug-likeness (QED) is 0.716. The Bertz CT molecular complexity index is 352. The summed E-state index contributed by atoms with van der Waals surface area (Å²) in [4.78, 5) is 11.6. The van der Waals surface area contributed by atoms with Crippen molar-refractivity contribution in [2.45, 2.75) is 23.2 Å².